The Kier molecular flexibility index (Phi) is 5.90. The predicted octanol–water partition coefficient (Wildman–Crippen LogP) is 4.16. The molecule has 1 atom stereocenters. The lowest BCUT2D eigenvalue weighted by Gasteiger charge is -2.12. The van der Waals surface area contributed by atoms with Crippen LogP contribution >= 0.6 is 23.2 Å². The van der Waals surface area contributed by atoms with E-state index in [1.54, 1.807) is 42.8 Å². The number of carbonyl (C=O) groups excluding carboxylic acids is 1. The Bertz CT molecular complexity index is 1070. The van der Waals surface area contributed by atoms with E-state index in [-0.39, 0.29) is 5.69 Å². The number of hydrogen-bond donors (Lipinski definition) is 1. The lowest BCUT2D eigenvalue weighted by atomic mass is 10.2. The molecule has 29 heavy (non-hydrogen) atoms. The Balaban J connectivity index is 1.76. The second-order valence-electron chi connectivity index (χ2n) is 6.51. The standard InChI is InChI=1S/C18H18Cl2N6O3/c1-10-7-17(23-24(10)9-13-14(19)5-4-6-15(13)20)22-18(27)12(3)25-11(2)16(8-21-25)26(28)29/h4-8,12H,9H2,1-3H3,(H,22,23,27). The molecule has 2 heterocycles. The van der Waals surface area contributed by atoms with E-state index < -0.39 is 16.9 Å². The molecule has 1 aromatic carbocycles. The van der Waals surface area contributed by atoms with Crippen LogP contribution in [0.4, 0.5) is 11.5 Å². The Labute approximate surface area is 176 Å². The summed E-state index contributed by atoms with van der Waals surface area (Å²) >= 11 is 12.4. The fourth-order valence-corrected chi connectivity index (χ4v) is 3.41. The fourth-order valence-electron chi connectivity index (χ4n) is 2.89. The summed E-state index contributed by atoms with van der Waals surface area (Å²) in [5, 5.41) is 23.1. The minimum Gasteiger partial charge on any atom is -0.307 e. The van der Waals surface area contributed by atoms with Gasteiger partial charge < -0.3 is 5.32 Å². The van der Waals surface area contributed by atoms with Gasteiger partial charge in [-0.15, -0.1) is 0 Å². The van der Waals surface area contributed by atoms with Crippen LogP contribution in [0.1, 0.15) is 29.9 Å². The van der Waals surface area contributed by atoms with Crippen molar-refractivity contribution in [3.8, 4) is 0 Å². The zero-order chi connectivity index (χ0) is 21.3. The van der Waals surface area contributed by atoms with Crippen molar-refractivity contribution < 1.29 is 9.72 Å². The van der Waals surface area contributed by atoms with Gasteiger partial charge in [0.1, 0.15) is 17.9 Å². The van der Waals surface area contributed by atoms with Crippen LogP contribution in [0.25, 0.3) is 0 Å². The number of halogens is 2. The number of nitrogens with zero attached hydrogens (tertiary/aromatic N) is 5. The molecular weight excluding hydrogens is 419 g/mol. The van der Waals surface area contributed by atoms with Gasteiger partial charge in [-0.1, -0.05) is 29.3 Å². The molecule has 3 aromatic rings. The SMILES string of the molecule is Cc1cc(NC(=O)C(C)n2ncc([N+](=O)[O-])c2C)nn1Cc1c(Cl)cccc1Cl. The molecule has 9 nitrogen and oxygen atoms in total. The zero-order valence-electron chi connectivity index (χ0n) is 15.9. The molecule has 0 saturated heterocycles. The van der Waals surface area contributed by atoms with Crippen LogP contribution in [-0.2, 0) is 11.3 Å². The third-order valence-corrected chi connectivity index (χ3v) is 5.27. The van der Waals surface area contributed by atoms with Gasteiger partial charge in [-0.05, 0) is 32.9 Å². The molecule has 1 unspecified atom stereocenters. The first-order valence-electron chi connectivity index (χ1n) is 8.65. The van der Waals surface area contributed by atoms with Crippen molar-refractivity contribution in [1.82, 2.24) is 19.6 Å². The van der Waals surface area contributed by atoms with Crippen molar-refractivity contribution in [3.05, 3.63) is 67.6 Å². The van der Waals surface area contributed by atoms with Crippen molar-refractivity contribution in [3.63, 3.8) is 0 Å². The number of rotatable bonds is 6. The second-order valence-corrected chi connectivity index (χ2v) is 7.33. The van der Waals surface area contributed by atoms with E-state index in [9.17, 15) is 14.9 Å². The van der Waals surface area contributed by atoms with E-state index in [0.717, 1.165) is 17.5 Å². The Morgan fingerprint density at radius 1 is 1.31 bits per heavy atom. The molecule has 0 fully saturated rings. The third kappa shape index (κ3) is 4.25. The van der Waals surface area contributed by atoms with Crippen LogP contribution in [-0.4, -0.2) is 30.4 Å². The van der Waals surface area contributed by atoms with Crippen molar-refractivity contribution >= 4 is 40.6 Å². The highest BCUT2D eigenvalue weighted by atomic mass is 35.5. The minimum absolute atomic E-state index is 0.138. The van der Waals surface area contributed by atoms with Crippen LogP contribution in [0, 0.1) is 24.0 Å². The van der Waals surface area contributed by atoms with Gasteiger partial charge in [0.25, 0.3) is 0 Å². The third-order valence-electron chi connectivity index (χ3n) is 4.56. The van der Waals surface area contributed by atoms with Gasteiger partial charge in [0, 0.05) is 27.4 Å². The summed E-state index contributed by atoms with van der Waals surface area (Å²) in [6, 6.07) is 6.22. The number of carbonyl (C=O) groups is 1. The van der Waals surface area contributed by atoms with E-state index in [0.29, 0.717) is 28.1 Å². The minimum atomic E-state index is -0.757. The highest BCUT2D eigenvalue weighted by Crippen LogP contribution is 2.26. The summed E-state index contributed by atoms with van der Waals surface area (Å²) in [7, 11) is 0. The smallest absolute Gasteiger partial charge is 0.307 e. The highest BCUT2D eigenvalue weighted by molar-refractivity contribution is 6.35. The maximum absolute atomic E-state index is 12.6. The Morgan fingerprint density at radius 3 is 2.55 bits per heavy atom. The summed E-state index contributed by atoms with van der Waals surface area (Å²) in [5.41, 5.74) is 1.69. The molecule has 0 saturated carbocycles. The average Bonchev–Trinajstić information content (AvgIpc) is 3.20. The van der Waals surface area contributed by atoms with E-state index in [1.165, 1.54) is 4.68 Å². The average molecular weight is 437 g/mol. The maximum atomic E-state index is 12.6. The fraction of sp³-hybridized carbons (Fsp3) is 0.278. The molecule has 0 radical (unpaired) electrons. The Morgan fingerprint density at radius 2 is 1.97 bits per heavy atom. The number of amides is 1. The van der Waals surface area contributed by atoms with Crippen LogP contribution in [0.15, 0.2) is 30.5 Å². The first kappa shape index (κ1) is 20.8. The molecule has 0 aliphatic carbocycles. The van der Waals surface area contributed by atoms with E-state index >= 15 is 0 Å². The lowest BCUT2D eigenvalue weighted by Crippen LogP contribution is -2.25. The second kappa shape index (κ2) is 8.22. The predicted molar refractivity (Wildman–Crippen MR) is 109 cm³/mol. The van der Waals surface area contributed by atoms with Crippen molar-refractivity contribution in [2.24, 2.45) is 0 Å². The number of aryl methyl sites for hydroxylation is 1. The largest absolute Gasteiger partial charge is 0.309 e. The normalized spacial score (nSPS) is 12.0. The highest BCUT2D eigenvalue weighted by Gasteiger charge is 2.24. The molecule has 11 heteroatoms. The summed E-state index contributed by atoms with van der Waals surface area (Å²) in [6.45, 7) is 5.34. The summed E-state index contributed by atoms with van der Waals surface area (Å²) in [6.07, 6.45) is 1.13. The first-order valence-corrected chi connectivity index (χ1v) is 9.41. The van der Waals surface area contributed by atoms with Gasteiger partial charge >= 0.3 is 5.69 Å². The topological polar surface area (TPSA) is 108 Å². The summed E-state index contributed by atoms with van der Waals surface area (Å²) in [4.78, 5) is 23.0. The molecule has 0 aliphatic heterocycles. The number of nitro groups is 1. The van der Waals surface area contributed by atoms with Crippen LogP contribution < -0.4 is 5.32 Å². The van der Waals surface area contributed by atoms with Crippen LogP contribution in [0.3, 0.4) is 0 Å². The van der Waals surface area contributed by atoms with Crippen molar-refractivity contribution in [2.45, 2.75) is 33.4 Å². The maximum Gasteiger partial charge on any atom is 0.309 e. The van der Waals surface area contributed by atoms with E-state index in [2.05, 4.69) is 15.5 Å². The van der Waals surface area contributed by atoms with Crippen molar-refractivity contribution in [1.29, 1.82) is 0 Å². The molecule has 1 amide bonds. The molecule has 0 spiro atoms. The number of nitrogens with one attached hydrogen (secondary N) is 1. The lowest BCUT2D eigenvalue weighted by molar-refractivity contribution is -0.385. The summed E-state index contributed by atoms with van der Waals surface area (Å²) in [5.74, 6) is -0.0478. The van der Waals surface area contributed by atoms with Gasteiger partial charge in [0.15, 0.2) is 5.82 Å². The molecule has 0 aliphatic rings. The van der Waals surface area contributed by atoms with Crippen LogP contribution in [0.2, 0.25) is 10.0 Å². The van der Waals surface area contributed by atoms with E-state index in [4.69, 9.17) is 23.2 Å². The molecule has 2 aromatic heterocycles. The molecular formula is C18H18Cl2N6O3. The quantitative estimate of drug-likeness (QED) is 0.460. The molecule has 0 bridgehead atoms. The first-order chi connectivity index (χ1) is 13.7. The van der Waals surface area contributed by atoms with Gasteiger partial charge in [0.05, 0.1) is 11.5 Å². The number of aromatic nitrogens is 4. The summed E-state index contributed by atoms with van der Waals surface area (Å²) < 4.78 is 2.98. The van der Waals surface area contributed by atoms with Gasteiger partial charge in [-0.25, -0.2) is 0 Å². The Hall–Kier alpha value is -2.91. The number of anilines is 1. The number of hydrogen-bond acceptors (Lipinski definition) is 5. The molecule has 152 valence electrons. The number of benzene rings is 1. The van der Waals surface area contributed by atoms with Gasteiger partial charge in [-0.3, -0.25) is 24.3 Å². The molecule has 1 N–H and O–H groups in total. The van der Waals surface area contributed by atoms with E-state index in [1.807, 2.05) is 6.92 Å². The van der Waals surface area contributed by atoms with Gasteiger partial charge in [-0.2, -0.15) is 10.2 Å². The van der Waals surface area contributed by atoms with Crippen molar-refractivity contribution in [2.75, 3.05) is 5.32 Å². The molecule has 3 rings (SSSR count). The zero-order valence-corrected chi connectivity index (χ0v) is 17.4. The van der Waals surface area contributed by atoms with Crippen LogP contribution in [0.5, 0.6) is 0 Å². The monoisotopic (exact) mass is 436 g/mol. The van der Waals surface area contributed by atoms with Gasteiger partial charge in [0.2, 0.25) is 5.91 Å².